The predicted molar refractivity (Wildman–Crippen MR) is 60.3 cm³/mol. The van der Waals surface area contributed by atoms with Gasteiger partial charge in [-0.05, 0) is 42.8 Å². The Morgan fingerprint density at radius 3 is 2.44 bits per heavy atom. The smallest absolute Gasteiger partial charge is 0.344 e. The van der Waals surface area contributed by atoms with E-state index in [1.54, 1.807) is 30.3 Å². The van der Waals surface area contributed by atoms with E-state index in [2.05, 4.69) is 12.1 Å². The molecule has 2 nitrogen and oxygen atoms in total. The van der Waals surface area contributed by atoms with Crippen LogP contribution in [-0.4, -0.2) is 5.97 Å². The molecule has 0 saturated carbocycles. The summed E-state index contributed by atoms with van der Waals surface area (Å²) in [4.78, 5) is 11.6. The third-order valence-corrected chi connectivity index (χ3v) is 2.08. The minimum atomic E-state index is -0.380. The first-order valence-corrected chi connectivity index (χ1v) is 4.93. The highest BCUT2D eigenvalue weighted by molar-refractivity contribution is 5.90. The molecule has 0 amide bonds. The van der Waals surface area contributed by atoms with Gasteiger partial charge in [0, 0.05) is 0 Å². The van der Waals surface area contributed by atoms with E-state index in [1.165, 1.54) is 0 Å². The lowest BCUT2D eigenvalue weighted by Crippen LogP contribution is -2.07. The molecule has 0 spiro atoms. The van der Waals surface area contributed by atoms with Gasteiger partial charge in [0.1, 0.15) is 0 Å². The fraction of sp³-hybridized carbons (Fsp3) is 0.0714. The molecule has 0 radical (unpaired) electrons. The van der Waals surface area contributed by atoms with E-state index in [-0.39, 0.29) is 5.97 Å². The van der Waals surface area contributed by atoms with Crippen molar-refractivity contribution in [2.75, 3.05) is 0 Å². The molecule has 2 heteroatoms. The first-order valence-electron chi connectivity index (χ1n) is 4.93. The summed E-state index contributed by atoms with van der Waals surface area (Å²) in [7, 11) is 0. The van der Waals surface area contributed by atoms with Gasteiger partial charge in [0.2, 0.25) is 0 Å². The molecule has 0 aliphatic rings. The summed E-state index contributed by atoms with van der Waals surface area (Å²) in [6.07, 6.45) is 0. The lowest BCUT2D eigenvalue weighted by molar-refractivity contribution is 0.0735. The zero-order chi connectivity index (χ0) is 11.4. The van der Waals surface area contributed by atoms with E-state index >= 15 is 0 Å². The van der Waals surface area contributed by atoms with Crippen molar-refractivity contribution >= 4 is 5.97 Å². The molecule has 2 aromatic rings. The number of ether oxygens (including phenoxy) is 1. The van der Waals surface area contributed by atoms with Gasteiger partial charge >= 0.3 is 5.97 Å². The maximum absolute atomic E-state index is 11.6. The Balaban J connectivity index is 2.11. The van der Waals surface area contributed by atoms with Crippen molar-refractivity contribution in [2.45, 2.75) is 6.92 Å². The number of hydrogen-bond donors (Lipinski definition) is 0. The molecule has 0 N–H and O–H groups in total. The Bertz CT molecular complexity index is 472. The summed E-state index contributed by atoms with van der Waals surface area (Å²) in [5.74, 6) is 0.00792. The lowest BCUT2D eigenvalue weighted by Gasteiger charge is -2.01. The molecule has 0 aliphatic heterocycles. The van der Waals surface area contributed by atoms with E-state index < -0.39 is 0 Å². The second-order valence-electron chi connectivity index (χ2n) is 3.39. The second kappa shape index (κ2) is 4.50. The van der Waals surface area contributed by atoms with Crippen molar-refractivity contribution in [3.8, 4) is 5.75 Å². The number of carbonyl (C=O) groups excluding carboxylic acids is 1. The molecule has 2 aromatic carbocycles. The van der Waals surface area contributed by atoms with Crippen molar-refractivity contribution in [3.05, 3.63) is 65.7 Å². The van der Waals surface area contributed by atoms with Crippen molar-refractivity contribution in [2.24, 2.45) is 0 Å². The highest BCUT2D eigenvalue weighted by Gasteiger charge is 2.06. The summed E-state index contributed by atoms with van der Waals surface area (Å²) in [6, 6.07) is 18.0. The van der Waals surface area contributed by atoms with Crippen LogP contribution in [-0.2, 0) is 0 Å². The fourth-order valence-corrected chi connectivity index (χ4v) is 1.24. The SMILES string of the molecule is Cc1c#cc(OC(=O)c2ccccc2)cc1. The van der Waals surface area contributed by atoms with Crippen LogP contribution in [0.2, 0.25) is 0 Å². The Morgan fingerprint density at radius 2 is 1.81 bits per heavy atom. The number of aryl methyl sites for hydroxylation is 1. The molecule has 0 aliphatic carbocycles. The average Bonchev–Trinajstić information content (AvgIpc) is 2.33. The molecule has 0 fully saturated rings. The van der Waals surface area contributed by atoms with Gasteiger partial charge in [-0.1, -0.05) is 24.3 Å². The first kappa shape index (κ1) is 10.3. The molecule has 0 bridgehead atoms. The highest BCUT2D eigenvalue weighted by Crippen LogP contribution is 2.09. The molecular formula is C14H10O2. The van der Waals surface area contributed by atoms with E-state index in [0.717, 1.165) is 5.56 Å². The monoisotopic (exact) mass is 210 g/mol. The number of benzene rings is 1. The van der Waals surface area contributed by atoms with Crippen LogP contribution >= 0.6 is 0 Å². The van der Waals surface area contributed by atoms with Crippen molar-refractivity contribution in [3.63, 3.8) is 0 Å². The summed E-state index contributed by atoms with van der Waals surface area (Å²) < 4.78 is 5.13. The van der Waals surface area contributed by atoms with Gasteiger partial charge in [0.15, 0.2) is 5.75 Å². The Kier molecular flexibility index (Phi) is 2.88. The largest absolute Gasteiger partial charge is 0.414 e. The molecule has 0 heterocycles. The average molecular weight is 210 g/mol. The van der Waals surface area contributed by atoms with Gasteiger partial charge in [-0.25, -0.2) is 4.79 Å². The number of carbonyl (C=O) groups is 1. The molecule has 0 unspecified atom stereocenters. The summed E-state index contributed by atoms with van der Waals surface area (Å²) >= 11 is 0. The summed E-state index contributed by atoms with van der Waals surface area (Å²) in [6.45, 7) is 1.90. The van der Waals surface area contributed by atoms with Crippen LogP contribution < -0.4 is 4.74 Å². The van der Waals surface area contributed by atoms with Crippen LogP contribution in [0.3, 0.4) is 0 Å². The number of rotatable bonds is 2. The molecule has 0 aromatic heterocycles. The molecule has 78 valence electrons. The minimum absolute atomic E-state index is 0.380. The second-order valence-corrected chi connectivity index (χ2v) is 3.39. The molecular weight excluding hydrogens is 200 g/mol. The van der Waals surface area contributed by atoms with Crippen molar-refractivity contribution < 1.29 is 9.53 Å². The van der Waals surface area contributed by atoms with Gasteiger partial charge in [0.25, 0.3) is 0 Å². The van der Waals surface area contributed by atoms with Crippen LogP contribution in [0.25, 0.3) is 0 Å². The topological polar surface area (TPSA) is 26.3 Å². The van der Waals surface area contributed by atoms with Crippen LogP contribution in [0.5, 0.6) is 5.75 Å². The maximum atomic E-state index is 11.6. The first-order chi connectivity index (χ1) is 7.75. The predicted octanol–water partition coefficient (Wildman–Crippen LogP) is 2.81. The highest BCUT2D eigenvalue weighted by atomic mass is 16.5. The third-order valence-electron chi connectivity index (χ3n) is 2.08. The zero-order valence-corrected chi connectivity index (χ0v) is 8.86. The van der Waals surface area contributed by atoms with Gasteiger partial charge in [-0.15, -0.1) is 0 Å². The van der Waals surface area contributed by atoms with E-state index in [1.807, 2.05) is 19.1 Å². The van der Waals surface area contributed by atoms with Crippen LogP contribution in [0.15, 0.2) is 42.5 Å². The normalized spacial score (nSPS) is 9.31. The van der Waals surface area contributed by atoms with E-state index in [9.17, 15) is 4.79 Å². The van der Waals surface area contributed by atoms with E-state index in [4.69, 9.17) is 4.74 Å². The summed E-state index contributed by atoms with van der Waals surface area (Å²) in [5, 5.41) is 0. The Labute approximate surface area is 94.5 Å². The Hall–Kier alpha value is -2.27. The minimum Gasteiger partial charge on any atom is -0.414 e. The van der Waals surface area contributed by atoms with Crippen molar-refractivity contribution in [1.82, 2.24) is 0 Å². The van der Waals surface area contributed by atoms with Gasteiger partial charge in [-0.2, -0.15) is 0 Å². The van der Waals surface area contributed by atoms with Crippen LogP contribution in [0, 0.1) is 19.1 Å². The summed E-state index contributed by atoms with van der Waals surface area (Å²) in [5.41, 5.74) is 1.48. The van der Waals surface area contributed by atoms with Gasteiger partial charge < -0.3 is 4.74 Å². The van der Waals surface area contributed by atoms with Crippen molar-refractivity contribution in [1.29, 1.82) is 0 Å². The fourth-order valence-electron chi connectivity index (χ4n) is 1.24. The quantitative estimate of drug-likeness (QED) is 0.712. The van der Waals surface area contributed by atoms with Crippen LogP contribution in [0.1, 0.15) is 15.9 Å². The zero-order valence-electron chi connectivity index (χ0n) is 8.86. The number of hydrogen-bond acceptors (Lipinski definition) is 2. The molecule has 2 rings (SSSR count). The standard InChI is InChI=1S/C14H10O2/c1-11-7-9-13(10-8-11)16-14(15)12-5-3-2-4-6-12/h2-7,9H,1H3. The Morgan fingerprint density at radius 1 is 1.06 bits per heavy atom. The third kappa shape index (κ3) is 2.40. The number of esters is 1. The van der Waals surface area contributed by atoms with Gasteiger partial charge in [0.05, 0.1) is 5.56 Å². The lowest BCUT2D eigenvalue weighted by atomic mass is 10.2. The molecule has 0 atom stereocenters. The molecule has 0 saturated heterocycles. The van der Waals surface area contributed by atoms with E-state index in [0.29, 0.717) is 11.3 Å². The maximum Gasteiger partial charge on any atom is 0.344 e. The van der Waals surface area contributed by atoms with Crippen LogP contribution in [0.4, 0.5) is 0 Å². The van der Waals surface area contributed by atoms with Gasteiger partial charge in [-0.3, -0.25) is 0 Å². The molecule has 16 heavy (non-hydrogen) atoms.